The van der Waals surface area contributed by atoms with Crippen molar-refractivity contribution in [3.8, 4) is 23.0 Å². The summed E-state index contributed by atoms with van der Waals surface area (Å²) < 4.78 is 26.4. The van der Waals surface area contributed by atoms with Gasteiger partial charge in [-0.05, 0) is 31.2 Å². The second-order valence-electron chi connectivity index (χ2n) is 7.58. The van der Waals surface area contributed by atoms with Crippen molar-refractivity contribution in [2.45, 2.75) is 19.4 Å². The third kappa shape index (κ3) is 4.64. The molecule has 0 aromatic heterocycles. The lowest BCUT2D eigenvalue weighted by Crippen LogP contribution is -2.33. The van der Waals surface area contributed by atoms with Gasteiger partial charge in [0.15, 0.2) is 17.6 Å². The van der Waals surface area contributed by atoms with E-state index in [4.69, 9.17) is 23.7 Å². The van der Waals surface area contributed by atoms with Crippen LogP contribution in [-0.4, -0.2) is 51.4 Å². The Morgan fingerprint density at radius 3 is 2.64 bits per heavy atom. The number of amides is 2. The molecule has 0 unspecified atom stereocenters. The van der Waals surface area contributed by atoms with E-state index < -0.39 is 23.9 Å². The van der Waals surface area contributed by atoms with Crippen molar-refractivity contribution in [1.82, 2.24) is 0 Å². The van der Waals surface area contributed by atoms with Gasteiger partial charge in [0, 0.05) is 30.8 Å². The van der Waals surface area contributed by atoms with E-state index in [1.807, 2.05) is 0 Å². The highest BCUT2D eigenvalue weighted by atomic mass is 16.7. The Morgan fingerprint density at radius 1 is 1.09 bits per heavy atom. The summed E-state index contributed by atoms with van der Waals surface area (Å²) >= 11 is 0. The van der Waals surface area contributed by atoms with E-state index in [1.165, 1.54) is 26.0 Å². The minimum atomic E-state index is -1.05. The lowest BCUT2D eigenvalue weighted by atomic mass is 10.1. The Labute approximate surface area is 190 Å². The Hall–Kier alpha value is -3.95. The summed E-state index contributed by atoms with van der Waals surface area (Å²) in [4.78, 5) is 39.2. The molecule has 2 aromatic carbocycles. The van der Waals surface area contributed by atoms with Crippen molar-refractivity contribution in [3.05, 3.63) is 36.4 Å². The zero-order valence-corrected chi connectivity index (χ0v) is 18.5. The van der Waals surface area contributed by atoms with Crippen molar-refractivity contribution in [1.29, 1.82) is 0 Å². The molecule has 33 heavy (non-hydrogen) atoms. The van der Waals surface area contributed by atoms with Crippen LogP contribution in [0.5, 0.6) is 23.0 Å². The fourth-order valence-electron chi connectivity index (χ4n) is 3.65. The highest BCUT2D eigenvalue weighted by molar-refractivity contribution is 6.01. The quantitative estimate of drug-likeness (QED) is 0.632. The molecular weight excluding hydrogens is 432 g/mol. The molecule has 1 fully saturated rings. The molecule has 2 amide bonds. The lowest BCUT2D eigenvalue weighted by molar-refractivity contribution is -0.157. The zero-order valence-electron chi connectivity index (χ0n) is 18.5. The molecule has 1 saturated heterocycles. The molecule has 2 heterocycles. The van der Waals surface area contributed by atoms with Gasteiger partial charge in [0.2, 0.25) is 12.7 Å². The van der Waals surface area contributed by atoms with E-state index in [9.17, 15) is 14.4 Å². The Bertz CT molecular complexity index is 1090. The van der Waals surface area contributed by atoms with Crippen LogP contribution in [0.4, 0.5) is 11.4 Å². The minimum Gasteiger partial charge on any atom is -0.497 e. The second-order valence-corrected chi connectivity index (χ2v) is 7.58. The van der Waals surface area contributed by atoms with Crippen molar-refractivity contribution in [3.63, 3.8) is 0 Å². The van der Waals surface area contributed by atoms with E-state index in [0.29, 0.717) is 34.4 Å². The maximum Gasteiger partial charge on any atom is 0.312 e. The van der Waals surface area contributed by atoms with Crippen molar-refractivity contribution in [2.24, 2.45) is 5.92 Å². The van der Waals surface area contributed by atoms with Crippen LogP contribution in [0.3, 0.4) is 0 Å². The van der Waals surface area contributed by atoms with Gasteiger partial charge in [-0.25, -0.2) is 0 Å². The number of anilines is 2. The summed E-state index contributed by atoms with van der Waals surface area (Å²) in [5.74, 6) is 0.0935. The summed E-state index contributed by atoms with van der Waals surface area (Å²) in [5.41, 5.74) is 1.02. The number of nitrogens with zero attached hydrogens (tertiary/aromatic N) is 1. The van der Waals surface area contributed by atoms with Crippen molar-refractivity contribution < 1.29 is 38.1 Å². The van der Waals surface area contributed by atoms with Gasteiger partial charge >= 0.3 is 5.97 Å². The van der Waals surface area contributed by atoms with Gasteiger partial charge in [-0.3, -0.25) is 14.4 Å². The van der Waals surface area contributed by atoms with E-state index in [1.54, 1.807) is 36.4 Å². The maximum absolute atomic E-state index is 12.7. The Balaban J connectivity index is 1.36. The molecule has 174 valence electrons. The standard InChI is InChI=1S/C23H24N2O8/c1-13(22(27)24-15-4-7-18-20(9-15)32-12-31-18)33-23(28)14-8-21(26)25(11-14)17-6-5-16(29-2)10-19(17)30-3/h4-7,9-10,13-14H,8,11-12H2,1-3H3,(H,24,27)/t13-,14-/m0/s1. The summed E-state index contributed by atoms with van der Waals surface area (Å²) in [6, 6.07) is 10.0. The number of nitrogens with one attached hydrogen (secondary N) is 1. The second kappa shape index (κ2) is 9.27. The third-order valence-electron chi connectivity index (χ3n) is 5.44. The SMILES string of the molecule is COc1ccc(N2C[C@@H](C(=O)O[C@@H](C)C(=O)Nc3ccc4c(c3)OCO4)CC2=O)c(OC)c1. The van der Waals surface area contributed by atoms with Gasteiger partial charge in [0.1, 0.15) is 11.5 Å². The number of hydrogen-bond acceptors (Lipinski definition) is 8. The molecule has 0 radical (unpaired) electrons. The van der Waals surface area contributed by atoms with Gasteiger partial charge in [-0.2, -0.15) is 0 Å². The van der Waals surface area contributed by atoms with Crippen molar-refractivity contribution in [2.75, 3.05) is 37.8 Å². The molecule has 0 spiro atoms. The van der Waals surface area contributed by atoms with Gasteiger partial charge in [-0.15, -0.1) is 0 Å². The number of esters is 1. The average Bonchev–Trinajstić information content (AvgIpc) is 3.44. The number of ether oxygens (including phenoxy) is 5. The Kier molecular flexibility index (Phi) is 6.25. The number of rotatable bonds is 7. The molecular formula is C23H24N2O8. The molecule has 0 aliphatic carbocycles. The number of benzene rings is 2. The fourth-order valence-corrected chi connectivity index (χ4v) is 3.65. The van der Waals surface area contributed by atoms with Crippen LogP contribution in [0.1, 0.15) is 13.3 Å². The molecule has 2 aliphatic heterocycles. The topological polar surface area (TPSA) is 113 Å². The molecule has 2 aromatic rings. The first kappa shape index (κ1) is 22.3. The normalized spacial score (nSPS) is 17.5. The molecule has 10 nitrogen and oxygen atoms in total. The molecule has 0 saturated carbocycles. The average molecular weight is 456 g/mol. The number of hydrogen-bond donors (Lipinski definition) is 1. The van der Waals surface area contributed by atoms with Crippen LogP contribution in [-0.2, 0) is 19.1 Å². The maximum atomic E-state index is 12.7. The number of carbonyl (C=O) groups excluding carboxylic acids is 3. The van der Waals surface area contributed by atoms with Crippen LogP contribution in [0, 0.1) is 5.92 Å². The first-order valence-electron chi connectivity index (χ1n) is 10.3. The first-order valence-corrected chi connectivity index (χ1v) is 10.3. The minimum absolute atomic E-state index is 0.0233. The Morgan fingerprint density at radius 2 is 1.88 bits per heavy atom. The zero-order chi connectivity index (χ0) is 23.5. The summed E-state index contributed by atoms with van der Waals surface area (Å²) in [5, 5.41) is 2.68. The predicted molar refractivity (Wildman–Crippen MR) is 117 cm³/mol. The first-order chi connectivity index (χ1) is 15.9. The van der Waals surface area contributed by atoms with E-state index >= 15 is 0 Å². The largest absolute Gasteiger partial charge is 0.497 e. The molecule has 10 heteroatoms. The molecule has 1 N–H and O–H groups in total. The number of fused-ring (bicyclic) bond motifs is 1. The number of methoxy groups -OCH3 is 2. The molecule has 2 atom stereocenters. The summed E-state index contributed by atoms with van der Waals surface area (Å²) in [6.07, 6.45) is -1.08. The van der Waals surface area contributed by atoms with E-state index in [-0.39, 0.29) is 25.7 Å². The molecule has 4 rings (SSSR count). The van der Waals surface area contributed by atoms with Gasteiger partial charge in [0.25, 0.3) is 5.91 Å². The fraction of sp³-hybridized carbons (Fsp3) is 0.348. The van der Waals surface area contributed by atoms with Gasteiger partial charge < -0.3 is 33.9 Å². The monoisotopic (exact) mass is 456 g/mol. The van der Waals surface area contributed by atoms with Crippen LogP contribution in [0.2, 0.25) is 0 Å². The number of carbonyl (C=O) groups is 3. The lowest BCUT2D eigenvalue weighted by Gasteiger charge is -2.20. The van der Waals surface area contributed by atoms with Crippen LogP contribution < -0.4 is 29.2 Å². The van der Waals surface area contributed by atoms with E-state index in [2.05, 4.69) is 5.32 Å². The van der Waals surface area contributed by atoms with Crippen molar-refractivity contribution >= 4 is 29.2 Å². The highest BCUT2D eigenvalue weighted by Crippen LogP contribution is 2.36. The van der Waals surface area contributed by atoms with E-state index in [0.717, 1.165) is 0 Å². The van der Waals surface area contributed by atoms with Crippen LogP contribution in [0.25, 0.3) is 0 Å². The van der Waals surface area contributed by atoms with Gasteiger partial charge in [0.05, 0.1) is 25.8 Å². The van der Waals surface area contributed by atoms with Gasteiger partial charge in [-0.1, -0.05) is 0 Å². The molecule has 0 bridgehead atoms. The van der Waals surface area contributed by atoms with Crippen LogP contribution >= 0.6 is 0 Å². The molecule has 2 aliphatic rings. The van der Waals surface area contributed by atoms with Crippen LogP contribution in [0.15, 0.2) is 36.4 Å². The summed E-state index contributed by atoms with van der Waals surface area (Å²) in [6.45, 7) is 1.72. The predicted octanol–water partition coefficient (Wildman–Crippen LogP) is 2.36. The summed E-state index contributed by atoms with van der Waals surface area (Å²) in [7, 11) is 3.02. The smallest absolute Gasteiger partial charge is 0.312 e. The third-order valence-corrected chi connectivity index (χ3v) is 5.44. The highest BCUT2D eigenvalue weighted by Gasteiger charge is 2.38.